The molecule has 0 aliphatic carbocycles. The Balaban J connectivity index is 2.28. The number of primary amides is 1. The quantitative estimate of drug-likeness (QED) is 0.866. The molecule has 21 heavy (non-hydrogen) atoms. The minimum atomic E-state index is -1.65. The molecule has 2 rings (SSSR count). The molecule has 1 saturated heterocycles. The van der Waals surface area contributed by atoms with Gasteiger partial charge in [0.1, 0.15) is 0 Å². The Morgan fingerprint density at radius 2 is 1.95 bits per heavy atom. The van der Waals surface area contributed by atoms with Gasteiger partial charge in [0.25, 0.3) is 11.8 Å². The predicted octanol–water partition coefficient (Wildman–Crippen LogP) is 1.41. The number of piperidine rings is 1. The van der Waals surface area contributed by atoms with E-state index in [1.54, 1.807) is 12.1 Å². The third-order valence-corrected chi connectivity index (χ3v) is 4.34. The van der Waals surface area contributed by atoms with E-state index in [2.05, 4.69) is 0 Å². The summed E-state index contributed by atoms with van der Waals surface area (Å²) in [4.78, 5) is 25.4. The van der Waals surface area contributed by atoms with Gasteiger partial charge < -0.3 is 15.7 Å². The van der Waals surface area contributed by atoms with E-state index in [4.69, 9.17) is 17.3 Å². The third kappa shape index (κ3) is 3.04. The average molecular weight is 311 g/mol. The predicted molar refractivity (Wildman–Crippen MR) is 80.2 cm³/mol. The summed E-state index contributed by atoms with van der Waals surface area (Å²) < 4.78 is 0. The number of hydrogen-bond acceptors (Lipinski definition) is 3. The molecule has 114 valence electrons. The number of nitrogens with zero attached hydrogens (tertiary/aromatic N) is 1. The van der Waals surface area contributed by atoms with Crippen LogP contribution in [0.3, 0.4) is 0 Å². The number of carbonyl (C=O) groups is 2. The van der Waals surface area contributed by atoms with Gasteiger partial charge in [-0.1, -0.05) is 11.6 Å². The lowest BCUT2D eigenvalue weighted by Gasteiger charge is -2.37. The van der Waals surface area contributed by atoms with E-state index in [0.29, 0.717) is 23.6 Å². The van der Waals surface area contributed by atoms with E-state index >= 15 is 0 Å². The second-order valence-electron chi connectivity index (χ2n) is 5.64. The molecule has 0 saturated carbocycles. The van der Waals surface area contributed by atoms with Crippen LogP contribution >= 0.6 is 11.6 Å². The van der Waals surface area contributed by atoms with Crippen LogP contribution in [0.4, 0.5) is 0 Å². The zero-order chi connectivity index (χ0) is 15.8. The van der Waals surface area contributed by atoms with Gasteiger partial charge in [-0.05, 0) is 49.9 Å². The van der Waals surface area contributed by atoms with Crippen LogP contribution in [-0.2, 0) is 4.79 Å². The molecule has 5 nitrogen and oxygen atoms in total. The fourth-order valence-corrected chi connectivity index (χ4v) is 2.82. The van der Waals surface area contributed by atoms with Crippen molar-refractivity contribution >= 4 is 23.4 Å². The van der Waals surface area contributed by atoms with Crippen LogP contribution in [0.25, 0.3) is 0 Å². The van der Waals surface area contributed by atoms with Crippen molar-refractivity contribution in [3.05, 3.63) is 33.8 Å². The summed E-state index contributed by atoms with van der Waals surface area (Å²) >= 11 is 6.15. The van der Waals surface area contributed by atoms with Gasteiger partial charge >= 0.3 is 0 Å². The van der Waals surface area contributed by atoms with Crippen molar-refractivity contribution in [1.29, 1.82) is 0 Å². The molecule has 3 N–H and O–H groups in total. The summed E-state index contributed by atoms with van der Waals surface area (Å²) in [7, 11) is 0. The van der Waals surface area contributed by atoms with Crippen LogP contribution in [0.2, 0.25) is 5.02 Å². The first kappa shape index (κ1) is 15.8. The van der Waals surface area contributed by atoms with Gasteiger partial charge in [0, 0.05) is 6.54 Å². The number of carbonyl (C=O) groups excluding carboxylic acids is 2. The summed E-state index contributed by atoms with van der Waals surface area (Å²) in [6.45, 7) is 4.20. The smallest absolute Gasteiger partial charge is 0.255 e. The molecule has 1 aliphatic heterocycles. The molecule has 1 aromatic rings. The first-order valence-corrected chi connectivity index (χ1v) is 7.21. The number of hydrogen-bond donors (Lipinski definition) is 2. The van der Waals surface area contributed by atoms with Crippen LogP contribution in [0, 0.1) is 13.8 Å². The second kappa shape index (κ2) is 5.66. The summed E-state index contributed by atoms with van der Waals surface area (Å²) in [6, 6.07) is 3.48. The van der Waals surface area contributed by atoms with Crippen molar-refractivity contribution in [3.63, 3.8) is 0 Å². The maximum atomic E-state index is 12.6. The van der Waals surface area contributed by atoms with E-state index in [1.165, 1.54) is 4.90 Å². The van der Waals surface area contributed by atoms with Gasteiger partial charge in [0.2, 0.25) is 0 Å². The molecule has 0 spiro atoms. The molecule has 1 fully saturated rings. The first-order chi connectivity index (χ1) is 9.74. The Morgan fingerprint density at radius 1 is 1.33 bits per heavy atom. The molecule has 1 atom stereocenters. The highest BCUT2D eigenvalue weighted by Crippen LogP contribution is 2.26. The minimum absolute atomic E-state index is 0.0928. The Labute approximate surface area is 128 Å². The summed E-state index contributed by atoms with van der Waals surface area (Å²) in [5.41, 5.74) is 5.92. The highest BCUT2D eigenvalue weighted by Gasteiger charge is 2.40. The van der Waals surface area contributed by atoms with E-state index in [9.17, 15) is 14.7 Å². The summed E-state index contributed by atoms with van der Waals surface area (Å²) in [6.07, 6.45) is 0.792. The maximum Gasteiger partial charge on any atom is 0.255 e. The van der Waals surface area contributed by atoms with Crippen LogP contribution in [-0.4, -0.2) is 40.5 Å². The lowest BCUT2D eigenvalue weighted by molar-refractivity contribution is -0.140. The van der Waals surface area contributed by atoms with E-state index in [1.807, 2.05) is 13.8 Å². The Morgan fingerprint density at radius 3 is 2.57 bits per heavy atom. The lowest BCUT2D eigenvalue weighted by atomic mass is 9.91. The molecule has 2 amide bonds. The largest absolute Gasteiger partial charge is 0.378 e. The van der Waals surface area contributed by atoms with Gasteiger partial charge in [0.05, 0.1) is 17.1 Å². The van der Waals surface area contributed by atoms with E-state index in [-0.39, 0.29) is 18.9 Å². The number of benzene rings is 1. The number of amides is 2. The van der Waals surface area contributed by atoms with Crippen molar-refractivity contribution in [2.75, 3.05) is 13.1 Å². The van der Waals surface area contributed by atoms with Crippen molar-refractivity contribution in [2.45, 2.75) is 32.3 Å². The van der Waals surface area contributed by atoms with Crippen molar-refractivity contribution < 1.29 is 14.7 Å². The Hall–Kier alpha value is -1.59. The highest BCUT2D eigenvalue weighted by atomic mass is 35.5. The highest BCUT2D eigenvalue weighted by molar-refractivity contribution is 6.34. The van der Waals surface area contributed by atoms with Crippen LogP contribution in [0.1, 0.15) is 34.3 Å². The topological polar surface area (TPSA) is 83.6 Å². The number of halogens is 1. The number of nitrogens with two attached hydrogens (primary N) is 1. The standard InChI is InChI=1S/C15H19ClN2O3/c1-9-6-11(12(16)7-10(9)2)13(19)18-5-3-4-15(21,8-18)14(17)20/h6-7,21H,3-5,8H2,1-2H3,(H2,17,20). The number of rotatable bonds is 2. The molecule has 6 heteroatoms. The monoisotopic (exact) mass is 310 g/mol. The lowest BCUT2D eigenvalue weighted by Crippen LogP contribution is -2.57. The van der Waals surface area contributed by atoms with E-state index < -0.39 is 11.5 Å². The number of aliphatic hydroxyl groups is 1. The van der Waals surface area contributed by atoms with Crippen LogP contribution in [0.15, 0.2) is 12.1 Å². The van der Waals surface area contributed by atoms with Gasteiger partial charge in [0.15, 0.2) is 5.60 Å². The molecule has 1 aliphatic rings. The summed E-state index contributed by atoms with van der Waals surface area (Å²) in [5.74, 6) is -1.09. The average Bonchev–Trinajstić information content (AvgIpc) is 2.42. The molecular weight excluding hydrogens is 292 g/mol. The number of β-amino-alcohol motifs (C(OH)–C–C–N with tert-alkyl or cyclic N) is 1. The fraction of sp³-hybridized carbons (Fsp3) is 0.467. The van der Waals surface area contributed by atoms with Crippen LogP contribution in [0.5, 0.6) is 0 Å². The normalized spacial score (nSPS) is 22.2. The van der Waals surface area contributed by atoms with Crippen molar-refractivity contribution in [2.24, 2.45) is 5.73 Å². The van der Waals surface area contributed by atoms with Crippen molar-refractivity contribution in [1.82, 2.24) is 4.90 Å². The minimum Gasteiger partial charge on any atom is -0.378 e. The second-order valence-corrected chi connectivity index (χ2v) is 6.05. The first-order valence-electron chi connectivity index (χ1n) is 6.83. The van der Waals surface area contributed by atoms with Gasteiger partial charge in [-0.2, -0.15) is 0 Å². The SMILES string of the molecule is Cc1cc(Cl)c(C(=O)N2CCCC(O)(C(N)=O)C2)cc1C. The van der Waals surface area contributed by atoms with Crippen molar-refractivity contribution in [3.8, 4) is 0 Å². The zero-order valence-electron chi connectivity index (χ0n) is 12.1. The van der Waals surface area contributed by atoms with Crippen LogP contribution < -0.4 is 5.73 Å². The Kier molecular flexibility index (Phi) is 4.25. The van der Waals surface area contributed by atoms with Gasteiger partial charge in [-0.15, -0.1) is 0 Å². The molecule has 0 bridgehead atoms. The molecule has 1 unspecified atom stereocenters. The maximum absolute atomic E-state index is 12.6. The molecular formula is C15H19ClN2O3. The van der Waals surface area contributed by atoms with E-state index in [0.717, 1.165) is 11.1 Å². The molecule has 0 radical (unpaired) electrons. The van der Waals surface area contributed by atoms with Gasteiger partial charge in [-0.3, -0.25) is 9.59 Å². The molecule has 1 aromatic carbocycles. The molecule has 1 heterocycles. The summed E-state index contributed by atoms with van der Waals surface area (Å²) in [5, 5.41) is 10.6. The zero-order valence-corrected chi connectivity index (χ0v) is 12.9. The fourth-order valence-electron chi connectivity index (χ4n) is 2.53. The Bertz CT molecular complexity index is 603. The van der Waals surface area contributed by atoms with Gasteiger partial charge in [-0.25, -0.2) is 0 Å². The third-order valence-electron chi connectivity index (χ3n) is 4.03. The number of aryl methyl sites for hydroxylation is 2. The number of likely N-dealkylation sites (tertiary alicyclic amines) is 1. The molecule has 0 aromatic heterocycles.